The second kappa shape index (κ2) is 8.27. The molecule has 2 amide bonds. The zero-order valence-electron chi connectivity index (χ0n) is 14.9. The summed E-state index contributed by atoms with van der Waals surface area (Å²) < 4.78 is 6.57. The lowest BCUT2D eigenvalue weighted by Gasteiger charge is -2.05. The number of carbonyl (C=O) groups is 2. The summed E-state index contributed by atoms with van der Waals surface area (Å²) in [6, 6.07) is 0. The number of ether oxygens (including phenoxy) is 1. The van der Waals surface area contributed by atoms with Gasteiger partial charge in [-0.3, -0.25) is 14.8 Å². The molecule has 2 rings (SSSR count). The summed E-state index contributed by atoms with van der Waals surface area (Å²) in [5, 5.41) is 17.5. The number of carbonyl (C=O) groups excluding carboxylic acids is 2. The molecule has 2 heterocycles. The molecular weight excluding hydrogens is 326 g/mol. The number of rotatable bonds is 7. The van der Waals surface area contributed by atoms with Crippen molar-refractivity contribution in [1.29, 1.82) is 0 Å². The fourth-order valence-electron chi connectivity index (χ4n) is 2.39. The Hall–Kier alpha value is -2.91. The number of hydrogen-bond donors (Lipinski definition) is 2. The van der Waals surface area contributed by atoms with Crippen LogP contribution in [0.4, 0.5) is 10.6 Å². The van der Waals surface area contributed by atoms with E-state index in [0.717, 1.165) is 17.0 Å². The van der Waals surface area contributed by atoms with Crippen LogP contribution in [-0.2, 0) is 29.5 Å². The molecule has 0 unspecified atom stereocenters. The maximum atomic E-state index is 12.0. The normalized spacial score (nSPS) is 10.6. The fourth-order valence-corrected chi connectivity index (χ4v) is 2.39. The monoisotopic (exact) mass is 349 g/mol. The Bertz CT molecular complexity index is 750. The lowest BCUT2D eigenvalue weighted by atomic mass is 10.1. The highest BCUT2D eigenvalue weighted by molar-refractivity contribution is 5.83. The van der Waals surface area contributed by atoms with Crippen molar-refractivity contribution < 1.29 is 14.3 Å². The van der Waals surface area contributed by atoms with E-state index in [2.05, 4.69) is 25.9 Å². The predicted octanol–water partition coefficient (Wildman–Crippen LogP) is 0.556. The number of anilines is 1. The smallest absolute Gasteiger partial charge is 0.412 e. The minimum absolute atomic E-state index is 0.0322. The standard InChI is InChI=1S/C15H23N7O3/c1-5-25-15(24)18-13-8-17-22(20-13)9-14(23)16-7-6-12-10(2)19-21(4)11(12)3/h8H,5-7,9H2,1-4H3,(H,16,23)(H,18,20,24). The van der Waals surface area contributed by atoms with Gasteiger partial charge >= 0.3 is 6.09 Å². The molecule has 0 saturated carbocycles. The van der Waals surface area contributed by atoms with E-state index < -0.39 is 6.09 Å². The van der Waals surface area contributed by atoms with Gasteiger partial charge in [-0.1, -0.05) is 0 Å². The molecule has 0 aliphatic heterocycles. The first-order valence-corrected chi connectivity index (χ1v) is 8.00. The van der Waals surface area contributed by atoms with Crippen LogP contribution in [0.15, 0.2) is 6.20 Å². The number of nitrogens with one attached hydrogen (secondary N) is 2. The summed E-state index contributed by atoms with van der Waals surface area (Å²) in [7, 11) is 1.90. The summed E-state index contributed by atoms with van der Waals surface area (Å²) >= 11 is 0. The van der Waals surface area contributed by atoms with E-state index in [4.69, 9.17) is 4.74 Å². The Morgan fingerprint density at radius 1 is 1.28 bits per heavy atom. The van der Waals surface area contributed by atoms with Crippen LogP contribution in [0, 0.1) is 13.8 Å². The minimum Gasteiger partial charge on any atom is -0.450 e. The van der Waals surface area contributed by atoms with E-state index in [9.17, 15) is 9.59 Å². The molecule has 2 N–H and O–H groups in total. The molecule has 0 aliphatic rings. The van der Waals surface area contributed by atoms with Gasteiger partial charge in [-0.2, -0.15) is 15.0 Å². The lowest BCUT2D eigenvalue weighted by Crippen LogP contribution is -2.30. The van der Waals surface area contributed by atoms with E-state index >= 15 is 0 Å². The number of hydrogen-bond acceptors (Lipinski definition) is 6. The quantitative estimate of drug-likeness (QED) is 0.754. The third-order valence-electron chi connectivity index (χ3n) is 3.68. The van der Waals surface area contributed by atoms with E-state index in [1.807, 2.05) is 25.6 Å². The maximum absolute atomic E-state index is 12.0. The molecule has 0 spiro atoms. The van der Waals surface area contributed by atoms with Gasteiger partial charge in [0.2, 0.25) is 5.91 Å². The van der Waals surface area contributed by atoms with E-state index in [1.54, 1.807) is 6.92 Å². The molecule has 0 aliphatic carbocycles. The van der Waals surface area contributed by atoms with Gasteiger partial charge < -0.3 is 10.1 Å². The summed E-state index contributed by atoms with van der Waals surface area (Å²) in [5.41, 5.74) is 3.20. The molecule has 0 aromatic carbocycles. The average Bonchev–Trinajstić information content (AvgIpc) is 3.06. The van der Waals surface area contributed by atoms with Gasteiger partial charge in [-0.15, -0.1) is 5.10 Å². The fraction of sp³-hybridized carbons (Fsp3) is 0.533. The number of amides is 2. The summed E-state index contributed by atoms with van der Waals surface area (Å²) in [6.07, 6.45) is 1.45. The highest BCUT2D eigenvalue weighted by Crippen LogP contribution is 2.11. The van der Waals surface area contributed by atoms with Crippen molar-refractivity contribution in [3.63, 3.8) is 0 Å². The lowest BCUT2D eigenvalue weighted by molar-refractivity contribution is -0.122. The van der Waals surface area contributed by atoms with Crippen LogP contribution in [0.1, 0.15) is 23.9 Å². The van der Waals surface area contributed by atoms with Crippen molar-refractivity contribution in [3.8, 4) is 0 Å². The van der Waals surface area contributed by atoms with Crippen LogP contribution in [0.5, 0.6) is 0 Å². The van der Waals surface area contributed by atoms with Crippen molar-refractivity contribution >= 4 is 17.8 Å². The van der Waals surface area contributed by atoms with Gasteiger partial charge in [0.05, 0.1) is 18.5 Å². The van der Waals surface area contributed by atoms with Gasteiger partial charge in [-0.05, 0) is 32.8 Å². The molecule has 0 fully saturated rings. The summed E-state index contributed by atoms with van der Waals surface area (Å²) in [4.78, 5) is 24.5. The molecule has 2 aromatic rings. The van der Waals surface area contributed by atoms with Gasteiger partial charge in [0, 0.05) is 19.3 Å². The van der Waals surface area contributed by atoms with Crippen LogP contribution in [0.3, 0.4) is 0 Å². The molecule has 10 nitrogen and oxygen atoms in total. The molecule has 25 heavy (non-hydrogen) atoms. The molecule has 0 atom stereocenters. The van der Waals surface area contributed by atoms with Crippen molar-refractivity contribution in [2.24, 2.45) is 7.05 Å². The van der Waals surface area contributed by atoms with Gasteiger partial charge in [0.25, 0.3) is 0 Å². The third kappa shape index (κ3) is 5.03. The molecule has 10 heteroatoms. The molecule has 136 valence electrons. The minimum atomic E-state index is -0.610. The van der Waals surface area contributed by atoms with Crippen molar-refractivity contribution in [3.05, 3.63) is 23.1 Å². The molecule has 0 bridgehead atoms. The molecule has 0 saturated heterocycles. The first-order chi connectivity index (χ1) is 11.9. The van der Waals surface area contributed by atoms with E-state index in [1.165, 1.54) is 11.0 Å². The largest absolute Gasteiger partial charge is 0.450 e. The zero-order valence-corrected chi connectivity index (χ0v) is 14.9. The average molecular weight is 349 g/mol. The topological polar surface area (TPSA) is 116 Å². The SMILES string of the molecule is CCOC(=O)Nc1cnn(CC(=O)NCCc2c(C)nn(C)c2C)n1. The maximum Gasteiger partial charge on any atom is 0.412 e. The van der Waals surface area contributed by atoms with Crippen molar-refractivity contribution in [2.45, 2.75) is 33.7 Å². The Labute approximate surface area is 145 Å². The van der Waals surface area contributed by atoms with Crippen LogP contribution in [0.25, 0.3) is 0 Å². The number of aromatic nitrogens is 5. The molecule has 0 radical (unpaired) electrons. The van der Waals surface area contributed by atoms with Crippen LogP contribution in [0.2, 0.25) is 0 Å². The van der Waals surface area contributed by atoms with Gasteiger partial charge in [0.1, 0.15) is 6.54 Å². The van der Waals surface area contributed by atoms with E-state index in [0.29, 0.717) is 13.0 Å². The summed E-state index contributed by atoms with van der Waals surface area (Å²) in [5.74, 6) is 0.0188. The highest BCUT2D eigenvalue weighted by Gasteiger charge is 2.11. The Morgan fingerprint density at radius 3 is 2.68 bits per heavy atom. The Morgan fingerprint density at radius 2 is 2.04 bits per heavy atom. The van der Waals surface area contributed by atoms with Gasteiger partial charge in [-0.25, -0.2) is 4.79 Å². The molecule has 2 aromatic heterocycles. The van der Waals surface area contributed by atoms with Crippen molar-refractivity contribution in [1.82, 2.24) is 30.1 Å². The van der Waals surface area contributed by atoms with E-state index in [-0.39, 0.29) is 24.9 Å². The second-order valence-electron chi connectivity index (χ2n) is 5.48. The van der Waals surface area contributed by atoms with Crippen molar-refractivity contribution in [2.75, 3.05) is 18.5 Å². The van der Waals surface area contributed by atoms with Gasteiger partial charge in [0.15, 0.2) is 5.82 Å². The number of aryl methyl sites for hydroxylation is 2. The first-order valence-electron chi connectivity index (χ1n) is 8.00. The zero-order chi connectivity index (χ0) is 18.4. The predicted molar refractivity (Wildman–Crippen MR) is 90.1 cm³/mol. The highest BCUT2D eigenvalue weighted by atomic mass is 16.5. The molecular formula is C15H23N7O3. The first kappa shape index (κ1) is 18.4. The van der Waals surface area contributed by atoms with Crippen LogP contribution in [-0.4, -0.2) is 49.9 Å². The second-order valence-corrected chi connectivity index (χ2v) is 5.48. The number of nitrogens with zero attached hydrogens (tertiary/aromatic N) is 5. The van der Waals surface area contributed by atoms with Crippen LogP contribution < -0.4 is 10.6 Å². The van der Waals surface area contributed by atoms with Crippen LogP contribution >= 0.6 is 0 Å². The summed E-state index contributed by atoms with van der Waals surface area (Å²) in [6.45, 7) is 6.39. The Balaban J connectivity index is 1.79. The Kier molecular flexibility index (Phi) is 6.09. The third-order valence-corrected chi connectivity index (χ3v) is 3.68.